The lowest BCUT2D eigenvalue weighted by Crippen LogP contribution is -2.45. The molecule has 0 aromatic heterocycles. The monoisotopic (exact) mass is 272 g/mol. The molecule has 1 spiro atoms. The zero-order valence-corrected chi connectivity index (χ0v) is 12.4. The van der Waals surface area contributed by atoms with E-state index in [-0.39, 0.29) is 29.3 Å². The number of carbonyl (C=O) groups excluding carboxylic acids is 1. The number of hydrogen-bond donors (Lipinski definition) is 0. The lowest BCUT2D eigenvalue weighted by molar-refractivity contribution is -0.145. The smallest absolute Gasteiger partial charge is 0.165 e. The molecule has 2 aliphatic heterocycles. The van der Waals surface area contributed by atoms with Crippen LogP contribution in [0.2, 0.25) is 0 Å². The van der Waals surface area contributed by atoms with Crippen LogP contribution in [0.25, 0.3) is 0 Å². The molecule has 0 aromatic carbocycles. The van der Waals surface area contributed by atoms with E-state index < -0.39 is 0 Å². The Hall–Kier alpha value is -0.0600. The van der Waals surface area contributed by atoms with Gasteiger partial charge in [0.1, 0.15) is 6.10 Å². The Bertz CT molecular complexity index is 297. The number of methoxy groups -OCH3 is 1. The highest BCUT2D eigenvalue weighted by atomic mass is 32.2. The van der Waals surface area contributed by atoms with Crippen molar-refractivity contribution < 1.29 is 14.3 Å². The van der Waals surface area contributed by atoms with Crippen LogP contribution in [0.15, 0.2) is 0 Å². The summed E-state index contributed by atoms with van der Waals surface area (Å²) >= 11 is 1.95. The van der Waals surface area contributed by atoms with E-state index in [2.05, 4.69) is 0 Å². The SMILES string of the molecule is COC(C(=O)C1CCOC2(CCSC2)C1)C(C)C. The maximum atomic E-state index is 12.5. The van der Waals surface area contributed by atoms with Crippen molar-refractivity contribution in [3.05, 3.63) is 0 Å². The molecular formula is C14H24O3S. The Balaban J connectivity index is 2.02. The topological polar surface area (TPSA) is 35.5 Å². The van der Waals surface area contributed by atoms with Gasteiger partial charge in [-0.25, -0.2) is 0 Å². The Morgan fingerprint density at radius 3 is 2.83 bits per heavy atom. The van der Waals surface area contributed by atoms with E-state index >= 15 is 0 Å². The van der Waals surface area contributed by atoms with Crippen LogP contribution in [0.1, 0.15) is 33.1 Å². The van der Waals surface area contributed by atoms with Crippen molar-refractivity contribution in [1.82, 2.24) is 0 Å². The van der Waals surface area contributed by atoms with Gasteiger partial charge in [-0.05, 0) is 30.9 Å². The predicted octanol–water partition coefficient (Wildman–Crippen LogP) is 2.53. The summed E-state index contributed by atoms with van der Waals surface area (Å²) in [5.74, 6) is 2.88. The summed E-state index contributed by atoms with van der Waals surface area (Å²) in [7, 11) is 1.64. The fourth-order valence-corrected chi connectivity index (χ4v) is 4.46. The molecule has 3 atom stereocenters. The third kappa shape index (κ3) is 2.91. The summed E-state index contributed by atoms with van der Waals surface area (Å²) < 4.78 is 11.3. The van der Waals surface area contributed by atoms with E-state index in [9.17, 15) is 4.79 Å². The minimum atomic E-state index is -0.251. The van der Waals surface area contributed by atoms with E-state index in [1.165, 1.54) is 5.75 Å². The predicted molar refractivity (Wildman–Crippen MR) is 74.0 cm³/mol. The summed E-state index contributed by atoms with van der Waals surface area (Å²) in [6.07, 6.45) is 2.60. The number of thioether (sulfide) groups is 1. The molecule has 0 amide bonds. The van der Waals surface area contributed by atoms with Crippen molar-refractivity contribution >= 4 is 17.5 Å². The molecule has 2 saturated heterocycles. The lowest BCUT2D eigenvalue weighted by atomic mass is 9.80. The Morgan fingerprint density at radius 1 is 1.50 bits per heavy atom. The van der Waals surface area contributed by atoms with Crippen molar-refractivity contribution in [3.8, 4) is 0 Å². The van der Waals surface area contributed by atoms with E-state index in [0.717, 1.165) is 31.6 Å². The van der Waals surface area contributed by atoms with Crippen LogP contribution in [0, 0.1) is 11.8 Å². The Kier molecular flexibility index (Phi) is 4.73. The van der Waals surface area contributed by atoms with E-state index in [1.807, 2.05) is 25.6 Å². The van der Waals surface area contributed by atoms with Gasteiger partial charge in [-0.2, -0.15) is 11.8 Å². The quantitative estimate of drug-likeness (QED) is 0.788. The van der Waals surface area contributed by atoms with E-state index in [1.54, 1.807) is 7.11 Å². The molecule has 0 bridgehead atoms. The number of ketones is 1. The first-order chi connectivity index (χ1) is 8.58. The van der Waals surface area contributed by atoms with Crippen LogP contribution < -0.4 is 0 Å². The number of hydrogen-bond acceptors (Lipinski definition) is 4. The number of Topliss-reactive ketones (excluding diaryl/α,β-unsaturated/α-hetero) is 1. The molecule has 0 N–H and O–H groups in total. The fourth-order valence-electron chi connectivity index (χ4n) is 3.08. The molecule has 18 heavy (non-hydrogen) atoms. The zero-order chi connectivity index (χ0) is 13.2. The van der Waals surface area contributed by atoms with Gasteiger partial charge < -0.3 is 9.47 Å². The van der Waals surface area contributed by atoms with Gasteiger partial charge in [0.25, 0.3) is 0 Å². The molecule has 2 aliphatic rings. The number of ether oxygens (including phenoxy) is 2. The third-order valence-electron chi connectivity index (χ3n) is 4.10. The first-order valence-electron chi connectivity index (χ1n) is 6.86. The summed E-state index contributed by atoms with van der Waals surface area (Å²) in [5, 5.41) is 0. The van der Waals surface area contributed by atoms with Gasteiger partial charge >= 0.3 is 0 Å². The molecule has 2 rings (SSSR count). The summed E-state index contributed by atoms with van der Waals surface area (Å²) in [6, 6.07) is 0. The van der Waals surface area contributed by atoms with Crippen molar-refractivity contribution in [2.45, 2.75) is 44.8 Å². The average molecular weight is 272 g/mol. The van der Waals surface area contributed by atoms with Gasteiger partial charge in [-0.15, -0.1) is 0 Å². The fraction of sp³-hybridized carbons (Fsp3) is 0.929. The van der Waals surface area contributed by atoms with Crippen LogP contribution in [-0.2, 0) is 14.3 Å². The van der Waals surface area contributed by atoms with Crippen LogP contribution in [0.4, 0.5) is 0 Å². The number of rotatable bonds is 4. The van der Waals surface area contributed by atoms with Gasteiger partial charge in [0, 0.05) is 25.4 Å². The second-order valence-electron chi connectivity index (χ2n) is 5.83. The standard InChI is InChI=1S/C14H24O3S/c1-10(2)13(16-3)12(15)11-4-6-17-14(8-11)5-7-18-9-14/h10-11,13H,4-9H2,1-3H3. The van der Waals surface area contributed by atoms with E-state index in [0.29, 0.717) is 0 Å². The van der Waals surface area contributed by atoms with E-state index in [4.69, 9.17) is 9.47 Å². The van der Waals surface area contributed by atoms with Crippen molar-refractivity contribution in [3.63, 3.8) is 0 Å². The normalized spacial score (nSPS) is 34.1. The maximum Gasteiger partial charge on any atom is 0.165 e. The van der Waals surface area contributed by atoms with Crippen LogP contribution in [0.5, 0.6) is 0 Å². The highest BCUT2D eigenvalue weighted by Gasteiger charge is 2.43. The second kappa shape index (κ2) is 5.93. The van der Waals surface area contributed by atoms with Crippen molar-refractivity contribution in [1.29, 1.82) is 0 Å². The van der Waals surface area contributed by atoms with Gasteiger partial charge in [0.05, 0.1) is 5.60 Å². The summed E-state index contributed by atoms with van der Waals surface area (Å²) in [4.78, 5) is 12.5. The van der Waals surface area contributed by atoms with Crippen LogP contribution in [-0.4, -0.2) is 42.7 Å². The van der Waals surface area contributed by atoms with Gasteiger partial charge in [0.15, 0.2) is 5.78 Å². The highest BCUT2D eigenvalue weighted by molar-refractivity contribution is 7.99. The molecule has 3 unspecified atom stereocenters. The average Bonchev–Trinajstić information content (AvgIpc) is 2.77. The Morgan fingerprint density at radius 2 is 2.28 bits per heavy atom. The third-order valence-corrected chi connectivity index (χ3v) is 5.33. The minimum Gasteiger partial charge on any atom is -0.374 e. The highest BCUT2D eigenvalue weighted by Crippen LogP contribution is 2.41. The summed E-state index contributed by atoms with van der Waals surface area (Å²) in [5.41, 5.74) is -0.0154. The lowest BCUT2D eigenvalue weighted by Gasteiger charge is -2.38. The molecule has 4 heteroatoms. The molecule has 0 aromatic rings. The first-order valence-corrected chi connectivity index (χ1v) is 8.02. The molecule has 104 valence electrons. The minimum absolute atomic E-state index is 0.0154. The van der Waals surface area contributed by atoms with Gasteiger partial charge in [0.2, 0.25) is 0 Å². The van der Waals surface area contributed by atoms with Crippen molar-refractivity contribution in [2.24, 2.45) is 11.8 Å². The number of carbonyl (C=O) groups is 1. The molecule has 0 aliphatic carbocycles. The largest absolute Gasteiger partial charge is 0.374 e. The van der Waals surface area contributed by atoms with Crippen molar-refractivity contribution in [2.75, 3.05) is 25.2 Å². The first kappa shape index (κ1) is 14.4. The molecule has 2 fully saturated rings. The second-order valence-corrected chi connectivity index (χ2v) is 6.93. The molecule has 2 heterocycles. The van der Waals surface area contributed by atoms with Crippen LogP contribution >= 0.6 is 11.8 Å². The van der Waals surface area contributed by atoms with Crippen LogP contribution in [0.3, 0.4) is 0 Å². The zero-order valence-electron chi connectivity index (χ0n) is 11.6. The van der Waals surface area contributed by atoms with Gasteiger partial charge in [-0.1, -0.05) is 13.8 Å². The maximum absolute atomic E-state index is 12.5. The van der Waals surface area contributed by atoms with Gasteiger partial charge in [-0.3, -0.25) is 4.79 Å². The molecule has 3 nitrogen and oxygen atoms in total. The molecule has 0 radical (unpaired) electrons. The Labute approximate surface area is 114 Å². The summed E-state index contributed by atoms with van der Waals surface area (Å²) in [6.45, 7) is 4.82. The molecular weight excluding hydrogens is 248 g/mol. The molecule has 0 saturated carbocycles.